The predicted octanol–water partition coefficient (Wildman–Crippen LogP) is -0.243. The molecule has 14 heteroatoms. The van der Waals surface area contributed by atoms with Crippen LogP contribution in [0.25, 0.3) is 0 Å². The predicted molar refractivity (Wildman–Crippen MR) is 134 cm³/mol. The van der Waals surface area contributed by atoms with Crippen molar-refractivity contribution < 1.29 is 28.7 Å². The fraction of sp³-hybridized carbons (Fsp3) is 0.600. The maximum absolute atomic E-state index is 12.1. The van der Waals surface area contributed by atoms with Gasteiger partial charge in [-0.2, -0.15) is 23.5 Å². The fourth-order valence-electron chi connectivity index (χ4n) is 1.93. The Labute approximate surface area is 207 Å². The van der Waals surface area contributed by atoms with Crippen LogP contribution in [-0.4, -0.2) is 82.7 Å². The summed E-state index contributed by atoms with van der Waals surface area (Å²) in [6, 6.07) is 0. The SMILES string of the molecule is CC(=N)NCCSC[C@](C)(N)C(=O)OC(=O)/C=C\C(=O)OC(=O)[C@@](C)(N)CSCCNC(C)=N. The molecule has 0 rings (SSSR count). The topological polar surface area (TPSA) is 211 Å². The smallest absolute Gasteiger partial charge is 0.338 e. The molecule has 0 unspecified atom stereocenters. The third-order valence-corrected chi connectivity index (χ3v) is 6.34. The summed E-state index contributed by atoms with van der Waals surface area (Å²) < 4.78 is 9.26. The number of carbonyl (C=O) groups is 4. The zero-order valence-corrected chi connectivity index (χ0v) is 21.5. The molecule has 12 nitrogen and oxygen atoms in total. The molecular formula is C20H34N6O6S2. The Hall–Kier alpha value is -2.42. The number of thioether (sulfide) groups is 2. The van der Waals surface area contributed by atoms with Gasteiger partial charge in [0.05, 0.1) is 11.7 Å². The monoisotopic (exact) mass is 518 g/mol. The van der Waals surface area contributed by atoms with Crippen molar-refractivity contribution in [3.05, 3.63) is 12.2 Å². The largest absolute Gasteiger partial charge is 0.388 e. The molecule has 0 aromatic carbocycles. The molecule has 0 fully saturated rings. The van der Waals surface area contributed by atoms with Crippen LogP contribution < -0.4 is 22.1 Å². The second kappa shape index (κ2) is 15.5. The van der Waals surface area contributed by atoms with Crippen LogP contribution in [0.2, 0.25) is 0 Å². The van der Waals surface area contributed by atoms with E-state index in [1.54, 1.807) is 13.8 Å². The number of esters is 4. The summed E-state index contributed by atoms with van der Waals surface area (Å²) in [7, 11) is 0. The second-order valence-electron chi connectivity index (χ2n) is 7.79. The van der Waals surface area contributed by atoms with Crippen LogP contribution >= 0.6 is 23.5 Å². The Morgan fingerprint density at radius 3 is 1.41 bits per heavy atom. The summed E-state index contributed by atoms with van der Waals surface area (Å²) in [5.74, 6) is -2.08. The minimum Gasteiger partial charge on any atom is -0.388 e. The van der Waals surface area contributed by atoms with E-state index >= 15 is 0 Å². The average Bonchev–Trinajstić information content (AvgIpc) is 2.71. The normalized spacial score (nSPS) is 14.4. The molecule has 0 aliphatic carbocycles. The number of amidine groups is 2. The fourth-order valence-corrected chi connectivity index (χ4v) is 3.79. The second-order valence-corrected chi connectivity index (χ2v) is 10.0. The van der Waals surface area contributed by atoms with Crippen molar-refractivity contribution in [3.63, 3.8) is 0 Å². The number of ether oxygens (including phenoxy) is 2. The molecule has 0 spiro atoms. The molecule has 0 heterocycles. The number of hydrogen-bond donors (Lipinski definition) is 6. The Kier molecular flexibility index (Phi) is 14.4. The summed E-state index contributed by atoms with van der Waals surface area (Å²) in [5.41, 5.74) is 8.89. The third kappa shape index (κ3) is 14.7. The van der Waals surface area contributed by atoms with E-state index in [2.05, 4.69) is 20.1 Å². The molecule has 0 aliphatic heterocycles. The first-order chi connectivity index (χ1) is 15.7. The minimum atomic E-state index is -1.45. The van der Waals surface area contributed by atoms with E-state index in [-0.39, 0.29) is 11.5 Å². The molecule has 34 heavy (non-hydrogen) atoms. The number of rotatable bonds is 14. The number of carbonyl (C=O) groups excluding carboxylic acids is 4. The van der Waals surface area contributed by atoms with Crippen molar-refractivity contribution in [3.8, 4) is 0 Å². The van der Waals surface area contributed by atoms with Gasteiger partial charge in [0, 0.05) is 48.3 Å². The maximum Gasteiger partial charge on any atom is 0.338 e. The van der Waals surface area contributed by atoms with Crippen molar-refractivity contribution in [2.45, 2.75) is 38.8 Å². The number of nitrogens with two attached hydrogens (primary N) is 2. The van der Waals surface area contributed by atoms with Crippen LogP contribution in [0.5, 0.6) is 0 Å². The van der Waals surface area contributed by atoms with Gasteiger partial charge in [-0.15, -0.1) is 0 Å². The first-order valence-corrected chi connectivity index (χ1v) is 12.5. The quantitative estimate of drug-likeness (QED) is 0.0439. The van der Waals surface area contributed by atoms with E-state index in [9.17, 15) is 19.2 Å². The summed E-state index contributed by atoms with van der Waals surface area (Å²) in [6.45, 7) is 7.07. The van der Waals surface area contributed by atoms with E-state index in [1.807, 2.05) is 0 Å². The lowest BCUT2D eigenvalue weighted by Crippen LogP contribution is -2.49. The van der Waals surface area contributed by atoms with Crippen LogP contribution in [0.3, 0.4) is 0 Å². The van der Waals surface area contributed by atoms with Gasteiger partial charge in [-0.05, 0) is 27.7 Å². The van der Waals surface area contributed by atoms with E-state index in [1.165, 1.54) is 37.4 Å². The van der Waals surface area contributed by atoms with Crippen molar-refractivity contribution >= 4 is 59.1 Å². The van der Waals surface area contributed by atoms with Gasteiger partial charge in [0.1, 0.15) is 11.1 Å². The first kappa shape index (κ1) is 31.6. The van der Waals surface area contributed by atoms with Gasteiger partial charge in [-0.3, -0.25) is 10.8 Å². The van der Waals surface area contributed by atoms with Crippen molar-refractivity contribution in [1.29, 1.82) is 10.8 Å². The van der Waals surface area contributed by atoms with E-state index < -0.39 is 35.0 Å². The minimum absolute atomic E-state index is 0.169. The zero-order valence-electron chi connectivity index (χ0n) is 19.8. The molecule has 2 atom stereocenters. The Morgan fingerprint density at radius 1 is 0.794 bits per heavy atom. The van der Waals surface area contributed by atoms with Crippen molar-refractivity contribution in [1.82, 2.24) is 10.6 Å². The van der Waals surface area contributed by atoms with E-state index in [0.29, 0.717) is 48.4 Å². The van der Waals surface area contributed by atoms with E-state index in [0.717, 1.165) is 0 Å². The lowest BCUT2D eigenvalue weighted by molar-refractivity contribution is -0.162. The summed E-state index contributed by atoms with van der Waals surface area (Å²) in [4.78, 5) is 47.9. The molecule has 0 aliphatic rings. The molecule has 0 radical (unpaired) electrons. The van der Waals surface area contributed by atoms with Gasteiger partial charge in [-0.25, -0.2) is 19.2 Å². The highest BCUT2D eigenvalue weighted by Gasteiger charge is 2.33. The van der Waals surface area contributed by atoms with Crippen LogP contribution in [0.15, 0.2) is 12.2 Å². The van der Waals surface area contributed by atoms with Gasteiger partial charge in [0.25, 0.3) is 0 Å². The molecule has 0 aromatic rings. The molecule has 0 saturated heterocycles. The molecule has 192 valence electrons. The van der Waals surface area contributed by atoms with Crippen LogP contribution in [0.4, 0.5) is 0 Å². The molecular weight excluding hydrogens is 484 g/mol. The Bertz CT molecular complexity index is 736. The van der Waals surface area contributed by atoms with E-state index in [4.69, 9.17) is 22.3 Å². The Balaban J connectivity index is 4.47. The molecule has 0 amide bonds. The van der Waals surface area contributed by atoms with Crippen molar-refractivity contribution in [2.24, 2.45) is 11.5 Å². The van der Waals surface area contributed by atoms with Gasteiger partial charge < -0.3 is 31.6 Å². The standard InChI is InChI=1S/C20H34N6O6S2/c1-13(21)25-7-9-33-11-19(3,23)17(29)31-15(27)5-6-16(28)32-18(30)20(4,24)12-34-10-8-26-14(2)22/h5-6H,7-12,23-24H2,1-4H3,(H2,21,25)(H2,22,26)/b6-5-/t19-,20-/m0/s1. The summed E-state index contributed by atoms with van der Waals surface area (Å²) >= 11 is 2.68. The maximum atomic E-state index is 12.1. The highest BCUT2D eigenvalue weighted by Crippen LogP contribution is 2.13. The Morgan fingerprint density at radius 2 is 1.12 bits per heavy atom. The molecule has 0 bridgehead atoms. The number of hydrogen-bond acceptors (Lipinski definition) is 12. The molecule has 0 aromatic heterocycles. The average molecular weight is 519 g/mol. The van der Waals surface area contributed by atoms with Crippen LogP contribution in [0, 0.1) is 10.8 Å². The third-order valence-electron chi connectivity index (χ3n) is 3.75. The molecule has 8 N–H and O–H groups in total. The zero-order chi connectivity index (χ0) is 26.4. The summed E-state index contributed by atoms with van der Waals surface area (Å²) in [5, 5.41) is 20.2. The summed E-state index contributed by atoms with van der Waals surface area (Å²) in [6.07, 6.45) is 1.31. The van der Waals surface area contributed by atoms with Crippen LogP contribution in [0.1, 0.15) is 27.7 Å². The van der Waals surface area contributed by atoms with Gasteiger partial charge >= 0.3 is 23.9 Å². The molecule has 0 saturated carbocycles. The first-order valence-electron chi connectivity index (χ1n) is 10.2. The number of nitrogens with one attached hydrogen (secondary N) is 4. The van der Waals surface area contributed by atoms with Crippen molar-refractivity contribution in [2.75, 3.05) is 36.1 Å². The van der Waals surface area contributed by atoms with Gasteiger partial charge in [0.15, 0.2) is 0 Å². The van der Waals surface area contributed by atoms with Gasteiger partial charge in [-0.1, -0.05) is 0 Å². The highest BCUT2D eigenvalue weighted by atomic mass is 32.2. The van der Waals surface area contributed by atoms with Crippen LogP contribution in [-0.2, 0) is 28.7 Å². The lowest BCUT2D eigenvalue weighted by Gasteiger charge is -2.21. The highest BCUT2D eigenvalue weighted by molar-refractivity contribution is 7.99. The van der Waals surface area contributed by atoms with Gasteiger partial charge in [0.2, 0.25) is 0 Å². The lowest BCUT2D eigenvalue weighted by atomic mass is 10.1.